The molecule has 0 spiro atoms. The normalized spacial score (nSPS) is 12.5. The Labute approximate surface area is 121 Å². The Kier molecular flexibility index (Phi) is 3.98. The summed E-state index contributed by atoms with van der Waals surface area (Å²) in [6.45, 7) is 6.69. The first-order valence-electron chi connectivity index (χ1n) is 6.78. The average molecular weight is 307 g/mol. The molecule has 0 atom stereocenters. The molecular formula is C16H20F2Si2. The summed E-state index contributed by atoms with van der Waals surface area (Å²) in [5.74, 6) is 0. The van der Waals surface area contributed by atoms with Crippen LogP contribution in [0, 0.1) is 0 Å². The molecule has 0 amide bonds. The highest BCUT2D eigenvalue weighted by Gasteiger charge is 2.31. The summed E-state index contributed by atoms with van der Waals surface area (Å²) < 4.78 is 29.1. The molecule has 0 fully saturated rings. The second kappa shape index (κ2) is 5.26. The summed E-state index contributed by atoms with van der Waals surface area (Å²) in [5.41, 5.74) is 1.70. The van der Waals surface area contributed by atoms with Crippen molar-refractivity contribution in [3.05, 3.63) is 48.5 Å². The van der Waals surface area contributed by atoms with Crippen LogP contribution in [-0.4, -0.2) is 16.8 Å². The van der Waals surface area contributed by atoms with Crippen molar-refractivity contribution in [1.29, 1.82) is 0 Å². The Morgan fingerprint density at radius 1 is 0.600 bits per heavy atom. The Morgan fingerprint density at radius 2 is 0.900 bits per heavy atom. The van der Waals surface area contributed by atoms with Gasteiger partial charge in [-0.1, -0.05) is 48.5 Å². The second-order valence-corrected chi connectivity index (χ2v) is 13.0. The second-order valence-electron chi connectivity index (χ2n) is 6.04. The molecule has 4 heteroatoms. The summed E-state index contributed by atoms with van der Waals surface area (Å²) in [5, 5.41) is 1.48. The van der Waals surface area contributed by atoms with Crippen molar-refractivity contribution in [3.8, 4) is 11.1 Å². The van der Waals surface area contributed by atoms with E-state index < -0.39 is 16.8 Å². The smallest absolute Gasteiger partial charge is 0.272 e. The van der Waals surface area contributed by atoms with Gasteiger partial charge in [0, 0.05) is 0 Å². The van der Waals surface area contributed by atoms with Gasteiger partial charge in [-0.05, 0) is 47.7 Å². The fourth-order valence-electron chi connectivity index (χ4n) is 2.47. The minimum absolute atomic E-state index is 0.741. The molecule has 106 valence electrons. The van der Waals surface area contributed by atoms with Crippen molar-refractivity contribution in [2.45, 2.75) is 26.2 Å². The lowest BCUT2D eigenvalue weighted by atomic mass is 10.1. The molecule has 2 aromatic carbocycles. The summed E-state index contributed by atoms with van der Waals surface area (Å²) in [7, 11) is -5.90. The number of hydrogen-bond acceptors (Lipinski definition) is 0. The molecule has 0 nitrogen and oxygen atoms in total. The van der Waals surface area contributed by atoms with Crippen molar-refractivity contribution in [1.82, 2.24) is 0 Å². The molecule has 0 aliphatic rings. The Bertz CT molecular complexity index is 555. The SMILES string of the molecule is C[Si](C)(F)c1ccccc1-c1ccccc1[Si](C)(C)F. The van der Waals surface area contributed by atoms with Crippen molar-refractivity contribution in [2.75, 3.05) is 0 Å². The zero-order valence-electron chi connectivity index (χ0n) is 12.4. The molecule has 20 heavy (non-hydrogen) atoms. The third-order valence-corrected chi connectivity index (χ3v) is 6.86. The molecule has 0 N–H and O–H groups in total. The van der Waals surface area contributed by atoms with Gasteiger partial charge in [-0.15, -0.1) is 0 Å². The van der Waals surface area contributed by atoms with Gasteiger partial charge in [0.25, 0.3) is 16.8 Å². The standard InChI is InChI=1S/C16H20F2Si2/c1-19(2,17)15-11-7-5-9-13(15)14-10-6-8-12-16(14)20(3,4)18/h5-12H,1-4H3. The van der Waals surface area contributed by atoms with Gasteiger partial charge in [-0.25, -0.2) is 0 Å². The molecule has 2 aromatic rings. The van der Waals surface area contributed by atoms with Crippen LogP contribution in [0.4, 0.5) is 8.22 Å². The summed E-state index contributed by atoms with van der Waals surface area (Å²) in [4.78, 5) is 0. The number of halogens is 2. The minimum Gasteiger partial charge on any atom is -0.308 e. The predicted molar refractivity (Wildman–Crippen MR) is 88.3 cm³/mol. The van der Waals surface area contributed by atoms with Crippen LogP contribution < -0.4 is 10.4 Å². The maximum absolute atomic E-state index is 14.6. The minimum atomic E-state index is -2.95. The Hall–Kier alpha value is -1.27. The van der Waals surface area contributed by atoms with E-state index in [0.717, 1.165) is 21.5 Å². The van der Waals surface area contributed by atoms with Crippen molar-refractivity contribution < 1.29 is 8.22 Å². The van der Waals surface area contributed by atoms with Gasteiger partial charge in [0.1, 0.15) is 0 Å². The lowest BCUT2D eigenvalue weighted by molar-refractivity contribution is 0.820. The maximum Gasteiger partial charge on any atom is 0.272 e. The topological polar surface area (TPSA) is 0 Å². The van der Waals surface area contributed by atoms with E-state index in [9.17, 15) is 8.22 Å². The molecular weight excluding hydrogens is 286 g/mol. The van der Waals surface area contributed by atoms with Gasteiger partial charge in [0.2, 0.25) is 0 Å². The van der Waals surface area contributed by atoms with Gasteiger partial charge >= 0.3 is 0 Å². The summed E-state index contributed by atoms with van der Waals surface area (Å²) >= 11 is 0. The first kappa shape index (κ1) is 15.1. The van der Waals surface area contributed by atoms with E-state index in [0.29, 0.717) is 0 Å². The number of hydrogen-bond donors (Lipinski definition) is 0. The summed E-state index contributed by atoms with van der Waals surface area (Å²) in [6.07, 6.45) is 0. The van der Waals surface area contributed by atoms with Crippen LogP contribution in [-0.2, 0) is 0 Å². The molecule has 0 aliphatic carbocycles. The zero-order valence-corrected chi connectivity index (χ0v) is 14.4. The molecule has 0 aliphatic heterocycles. The van der Waals surface area contributed by atoms with Crippen LogP contribution in [0.1, 0.15) is 0 Å². The molecule has 0 bridgehead atoms. The molecule has 0 radical (unpaired) electrons. The zero-order chi connectivity index (χ0) is 15.0. The molecule has 0 unspecified atom stereocenters. The first-order chi connectivity index (χ1) is 9.21. The van der Waals surface area contributed by atoms with Gasteiger partial charge in [0.05, 0.1) is 0 Å². The highest BCUT2D eigenvalue weighted by atomic mass is 28.4. The highest BCUT2D eigenvalue weighted by Crippen LogP contribution is 2.22. The van der Waals surface area contributed by atoms with Crippen molar-refractivity contribution in [3.63, 3.8) is 0 Å². The Morgan fingerprint density at radius 3 is 1.20 bits per heavy atom. The van der Waals surface area contributed by atoms with Crippen molar-refractivity contribution in [2.24, 2.45) is 0 Å². The van der Waals surface area contributed by atoms with Crippen LogP contribution >= 0.6 is 0 Å². The lowest BCUT2D eigenvalue weighted by Gasteiger charge is -2.21. The van der Waals surface area contributed by atoms with Crippen molar-refractivity contribution >= 4 is 27.2 Å². The van der Waals surface area contributed by atoms with E-state index in [4.69, 9.17) is 0 Å². The van der Waals surface area contributed by atoms with Crippen LogP contribution in [0.2, 0.25) is 26.2 Å². The fourth-order valence-corrected chi connectivity index (χ4v) is 5.17. The van der Waals surface area contributed by atoms with Gasteiger partial charge in [0.15, 0.2) is 0 Å². The lowest BCUT2D eigenvalue weighted by Crippen LogP contribution is -2.41. The number of rotatable bonds is 3. The maximum atomic E-state index is 14.6. The fraction of sp³-hybridized carbons (Fsp3) is 0.250. The van der Waals surface area contributed by atoms with E-state index in [1.54, 1.807) is 26.2 Å². The van der Waals surface area contributed by atoms with Crippen LogP contribution in [0.5, 0.6) is 0 Å². The van der Waals surface area contributed by atoms with Crippen LogP contribution in [0.15, 0.2) is 48.5 Å². The van der Waals surface area contributed by atoms with Crippen LogP contribution in [0.25, 0.3) is 11.1 Å². The highest BCUT2D eigenvalue weighted by molar-refractivity contribution is 6.86. The van der Waals surface area contributed by atoms with E-state index >= 15 is 0 Å². The monoisotopic (exact) mass is 306 g/mol. The average Bonchev–Trinajstić information content (AvgIpc) is 2.37. The summed E-state index contributed by atoms with van der Waals surface area (Å²) in [6, 6.07) is 15.0. The van der Waals surface area contributed by atoms with E-state index in [2.05, 4.69) is 0 Å². The van der Waals surface area contributed by atoms with Gasteiger partial charge in [-0.2, -0.15) is 0 Å². The van der Waals surface area contributed by atoms with Crippen LogP contribution in [0.3, 0.4) is 0 Å². The molecule has 0 heterocycles. The van der Waals surface area contributed by atoms with E-state index in [-0.39, 0.29) is 0 Å². The molecule has 0 saturated heterocycles. The third-order valence-electron chi connectivity index (χ3n) is 3.43. The molecule has 0 aromatic heterocycles. The molecule has 0 saturated carbocycles. The predicted octanol–water partition coefficient (Wildman–Crippen LogP) is 4.12. The number of benzene rings is 2. The van der Waals surface area contributed by atoms with Gasteiger partial charge in [-0.3, -0.25) is 0 Å². The largest absolute Gasteiger partial charge is 0.308 e. The Balaban J connectivity index is 2.71. The molecule has 2 rings (SSSR count). The first-order valence-corrected chi connectivity index (χ1v) is 12.5. The third kappa shape index (κ3) is 3.07. The van der Waals surface area contributed by atoms with E-state index in [1.165, 1.54) is 0 Å². The van der Waals surface area contributed by atoms with E-state index in [1.807, 2.05) is 48.5 Å². The quantitative estimate of drug-likeness (QED) is 0.591. The van der Waals surface area contributed by atoms with Gasteiger partial charge < -0.3 is 8.22 Å².